The molecule has 0 aliphatic carbocycles. The predicted octanol–water partition coefficient (Wildman–Crippen LogP) is 4.49. The number of para-hydroxylation sites is 1. The molecule has 1 atom stereocenters. The maximum absolute atomic E-state index is 12.3. The highest BCUT2D eigenvalue weighted by Gasteiger charge is 2.15. The molecule has 2 aromatic carbocycles. The van der Waals surface area contributed by atoms with Crippen molar-refractivity contribution >= 4 is 26.8 Å². The Bertz CT molecular complexity index is 922. The highest BCUT2D eigenvalue weighted by Crippen LogP contribution is 2.17. The number of H-pyrrole nitrogens is 1. The fraction of sp³-hybridized carbons (Fsp3) is 0.300. The molecule has 0 radical (unpaired) electrons. The standard InChI is InChI=1S/C20H22BrN3O/c1-3-14(2)24(12-15-7-6-8-16(21)11-15)13-19-22-18-10-5-4-9-17(18)20(25)23-19/h4-11,14H,3,12-13H2,1-2H3,(H,22,23,25). The Balaban J connectivity index is 1.89. The summed E-state index contributed by atoms with van der Waals surface area (Å²) in [5.74, 6) is 0.707. The monoisotopic (exact) mass is 399 g/mol. The first-order valence-electron chi connectivity index (χ1n) is 8.53. The number of benzene rings is 2. The predicted molar refractivity (Wildman–Crippen MR) is 106 cm³/mol. The second-order valence-corrected chi connectivity index (χ2v) is 7.24. The van der Waals surface area contributed by atoms with Crippen LogP contribution in [0.5, 0.6) is 0 Å². The van der Waals surface area contributed by atoms with E-state index >= 15 is 0 Å². The van der Waals surface area contributed by atoms with Crippen LogP contribution < -0.4 is 5.56 Å². The van der Waals surface area contributed by atoms with Crippen LogP contribution >= 0.6 is 15.9 Å². The summed E-state index contributed by atoms with van der Waals surface area (Å²) in [6.45, 7) is 5.80. The second-order valence-electron chi connectivity index (χ2n) is 6.32. The molecule has 3 rings (SSSR count). The maximum Gasteiger partial charge on any atom is 0.258 e. The molecule has 0 aliphatic heterocycles. The number of hydrogen-bond acceptors (Lipinski definition) is 3. The van der Waals surface area contributed by atoms with E-state index in [0.717, 1.165) is 23.0 Å². The third-order valence-corrected chi connectivity index (χ3v) is 5.00. The highest BCUT2D eigenvalue weighted by molar-refractivity contribution is 9.10. The van der Waals surface area contributed by atoms with Crippen molar-refractivity contribution in [3.63, 3.8) is 0 Å². The van der Waals surface area contributed by atoms with Crippen molar-refractivity contribution < 1.29 is 0 Å². The van der Waals surface area contributed by atoms with E-state index < -0.39 is 0 Å². The van der Waals surface area contributed by atoms with Crippen LogP contribution in [0.2, 0.25) is 0 Å². The summed E-state index contributed by atoms with van der Waals surface area (Å²) in [4.78, 5) is 22.2. The molecular formula is C20H22BrN3O. The molecule has 1 N–H and O–H groups in total. The number of nitrogens with one attached hydrogen (secondary N) is 1. The van der Waals surface area contributed by atoms with Gasteiger partial charge in [0.1, 0.15) is 5.82 Å². The van der Waals surface area contributed by atoms with Crippen LogP contribution in [0.15, 0.2) is 57.8 Å². The van der Waals surface area contributed by atoms with Gasteiger partial charge in [0.15, 0.2) is 0 Å². The van der Waals surface area contributed by atoms with Gasteiger partial charge in [0.2, 0.25) is 0 Å². The van der Waals surface area contributed by atoms with Crippen LogP contribution in [0.3, 0.4) is 0 Å². The lowest BCUT2D eigenvalue weighted by Crippen LogP contribution is -2.33. The average Bonchev–Trinajstić information content (AvgIpc) is 2.60. The average molecular weight is 400 g/mol. The van der Waals surface area contributed by atoms with Crippen molar-refractivity contribution in [2.45, 2.75) is 39.4 Å². The Hall–Kier alpha value is -1.98. The minimum atomic E-state index is -0.0767. The zero-order valence-electron chi connectivity index (χ0n) is 14.5. The summed E-state index contributed by atoms with van der Waals surface area (Å²) in [5.41, 5.74) is 1.90. The molecule has 25 heavy (non-hydrogen) atoms. The topological polar surface area (TPSA) is 49.0 Å². The van der Waals surface area contributed by atoms with E-state index in [1.807, 2.05) is 30.3 Å². The lowest BCUT2D eigenvalue weighted by molar-refractivity contribution is 0.181. The van der Waals surface area contributed by atoms with Gasteiger partial charge in [0.05, 0.1) is 17.4 Å². The van der Waals surface area contributed by atoms with Gasteiger partial charge in [0.25, 0.3) is 5.56 Å². The molecule has 3 aromatic rings. The molecule has 0 saturated carbocycles. The minimum Gasteiger partial charge on any atom is -0.309 e. The fourth-order valence-corrected chi connectivity index (χ4v) is 3.34. The number of halogens is 1. The Kier molecular flexibility index (Phi) is 5.66. The highest BCUT2D eigenvalue weighted by atomic mass is 79.9. The van der Waals surface area contributed by atoms with Crippen molar-refractivity contribution in [3.8, 4) is 0 Å². The van der Waals surface area contributed by atoms with E-state index in [9.17, 15) is 4.79 Å². The molecule has 0 fully saturated rings. The molecule has 4 nitrogen and oxygen atoms in total. The van der Waals surface area contributed by atoms with Gasteiger partial charge in [-0.05, 0) is 43.2 Å². The number of fused-ring (bicyclic) bond motifs is 1. The summed E-state index contributed by atoms with van der Waals surface area (Å²) in [6.07, 6.45) is 1.03. The van der Waals surface area contributed by atoms with Gasteiger partial charge in [-0.25, -0.2) is 4.98 Å². The first-order chi connectivity index (χ1) is 12.1. The number of nitrogens with zero attached hydrogens (tertiary/aromatic N) is 2. The van der Waals surface area contributed by atoms with Crippen LogP contribution in [0.1, 0.15) is 31.7 Å². The zero-order chi connectivity index (χ0) is 17.8. The van der Waals surface area contributed by atoms with Crippen molar-refractivity contribution in [3.05, 3.63) is 74.7 Å². The van der Waals surface area contributed by atoms with Gasteiger partial charge >= 0.3 is 0 Å². The van der Waals surface area contributed by atoms with Crippen LogP contribution in [0.25, 0.3) is 10.9 Å². The van der Waals surface area contributed by atoms with E-state index in [1.165, 1.54) is 5.56 Å². The molecule has 0 amide bonds. The van der Waals surface area contributed by atoms with Crippen molar-refractivity contribution in [1.82, 2.24) is 14.9 Å². The molecule has 1 aromatic heterocycles. The molecule has 5 heteroatoms. The minimum absolute atomic E-state index is 0.0767. The number of aromatic nitrogens is 2. The number of rotatable bonds is 6. The fourth-order valence-electron chi connectivity index (χ4n) is 2.90. The Morgan fingerprint density at radius 3 is 2.72 bits per heavy atom. The van der Waals surface area contributed by atoms with Crippen LogP contribution in [-0.2, 0) is 13.1 Å². The van der Waals surface area contributed by atoms with E-state index in [0.29, 0.717) is 23.8 Å². The van der Waals surface area contributed by atoms with Gasteiger partial charge in [-0.2, -0.15) is 0 Å². The van der Waals surface area contributed by atoms with Gasteiger partial charge < -0.3 is 4.98 Å². The Labute approximate surface area is 156 Å². The summed E-state index contributed by atoms with van der Waals surface area (Å²) >= 11 is 3.53. The summed E-state index contributed by atoms with van der Waals surface area (Å²) in [5, 5.41) is 0.633. The molecule has 0 aliphatic rings. The Morgan fingerprint density at radius 2 is 1.96 bits per heavy atom. The smallest absolute Gasteiger partial charge is 0.258 e. The SMILES string of the molecule is CCC(C)N(Cc1cccc(Br)c1)Cc1nc2ccccc2c(=O)[nH]1. The van der Waals surface area contributed by atoms with Gasteiger partial charge in [0, 0.05) is 17.1 Å². The second kappa shape index (κ2) is 7.93. The molecule has 130 valence electrons. The molecule has 0 spiro atoms. The van der Waals surface area contributed by atoms with Crippen LogP contribution in [0, 0.1) is 0 Å². The lowest BCUT2D eigenvalue weighted by atomic mass is 10.1. The van der Waals surface area contributed by atoms with Crippen LogP contribution in [0.4, 0.5) is 0 Å². The van der Waals surface area contributed by atoms with E-state index in [2.05, 4.69) is 56.8 Å². The van der Waals surface area contributed by atoms with Gasteiger partial charge in [-0.1, -0.05) is 47.1 Å². The first-order valence-corrected chi connectivity index (χ1v) is 9.32. The molecule has 1 heterocycles. The van der Waals surface area contributed by atoms with Crippen molar-refractivity contribution in [1.29, 1.82) is 0 Å². The van der Waals surface area contributed by atoms with Crippen molar-refractivity contribution in [2.75, 3.05) is 0 Å². The maximum atomic E-state index is 12.3. The third kappa shape index (κ3) is 4.35. The Morgan fingerprint density at radius 1 is 1.16 bits per heavy atom. The normalized spacial score (nSPS) is 12.6. The number of aromatic amines is 1. The molecular weight excluding hydrogens is 378 g/mol. The lowest BCUT2D eigenvalue weighted by Gasteiger charge is -2.28. The molecule has 0 bridgehead atoms. The van der Waals surface area contributed by atoms with Gasteiger partial charge in [-0.15, -0.1) is 0 Å². The number of hydrogen-bond donors (Lipinski definition) is 1. The molecule has 1 unspecified atom stereocenters. The van der Waals surface area contributed by atoms with E-state index in [-0.39, 0.29) is 5.56 Å². The quantitative estimate of drug-likeness (QED) is 0.664. The molecule has 0 saturated heterocycles. The summed E-state index contributed by atoms with van der Waals surface area (Å²) in [7, 11) is 0. The van der Waals surface area contributed by atoms with Crippen LogP contribution in [-0.4, -0.2) is 20.9 Å². The van der Waals surface area contributed by atoms with E-state index in [1.54, 1.807) is 6.07 Å². The first kappa shape index (κ1) is 17.8. The zero-order valence-corrected chi connectivity index (χ0v) is 16.1. The summed E-state index contributed by atoms with van der Waals surface area (Å²) < 4.78 is 1.08. The van der Waals surface area contributed by atoms with Gasteiger partial charge in [-0.3, -0.25) is 9.69 Å². The van der Waals surface area contributed by atoms with E-state index in [4.69, 9.17) is 0 Å². The third-order valence-electron chi connectivity index (χ3n) is 4.50. The summed E-state index contributed by atoms with van der Waals surface area (Å²) in [6, 6.07) is 16.2. The van der Waals surface area contributed by atoms with Crippen molar-refractivity contribution in [2.24, 2.45) is 0 Å². The largest absolute Gasteiger partial charge is 0.309 e.